The van der Waals surface area contributed by atoms with Crippen molar-refractivity contribution in [3.8, 4) is 0 Å². The van der Waals surface area contributed by atoms with Gasteiger partial charge in [0.15, 0.2) is 0 Å². The van der Waals surface area contributed by atoms with Crippen LogP contribution in [-0.2, 0) is 0 Å². The first-order valence-electron chi connectivity index (χ1n) is 4.32. The monoisotopic (exact) mass is 164 g/mol. The maximum Gasteiger partial charge on any atom is 0.0462 e. The summed E-state index contributed by atoms with van der Waals surface area (Å²) in [6, 6.07) is 10.6. The van der Waals surface area contributed by atoms with E-state index in [2.05, 4.69) is 26.0 Å². The SMILES string of the molecule is CCN(N)[C@@H](C)c1ccccc1. The predicted octanol–water partition coefficient (Wildman–Crippen LogP) is 1.94. The molecule has 0 aliphatic rings. The number of hydrazine groups is 1. The van der Waals surface area contributed by atoms with Gasteiger partial charge in [0.25, 0.3) is 0 Å². The number of benzene rings is 1. The maximum atomic E-state index is 5.78. The van der Waals surface area contributed by atoms with Gasteiger partial charge in [-0.3, -0.25) is 5.84 Å². The fourth-order valence-corrected chi connectivity index (χ4v) is 1.20. The second-order valence-electron chi connectivity index (χ2n) is 2.92. The van der Waals surface area contributed by atoms with Crippen LogP contribution in [0.5, 0.6) is 0 Å². The smallest absolute Gasteiger partial charge is 0.0462 e. The average Bonchev–Trinajstić information content (AvgIpc) is 2.17. The number of nitrogens with two attached hydrogens (primary N) is 1. The van der Waals surface area contributed by atoms with Crippen LogP contribution in [0.2, 0.25) is 0 Å². The van der Waals surface area contributed by atoms with E-state index >= 15 is 0 Å². The minimum atomic E-state index is 0.302. The van der Waals surface area contributed by atoms with Crippen LogP contribution in [0.1, 0.15) is 25.5 Å². The minimum Gasteiger partial charge on any atom is -0.268 e. The first-order valence-corrected chi connectivity index (χ1v) is 4.32. The van der Waals surface area contributed by atoms with Gasteiger partial charge < -0.3 is 0 Å². The van der Waals surface area contributed by atoms with Crippen molar-refractivity contribution in [3.63, 3.8) is 0 Å². The molecule has 1 aromatic rings. The van der Waals surface area contributed by atoms with Crippen molar-refractivity contribution < 1.29 is 0 Å². The lowest BCUT2D eigenvalue weighted by Crippen LogP contribution is -2.33. The van der Waals surface area contributed by atoms with Crippen LogP contribution in [0.4, 0.5) is 0 Å². The molecular weight excluding hydrogens is 148 g/mol. The zero-order chi connectivity index (χ0) is 8.97. The third-order valence-electron chi connectivity index (χ3n) is 2.14. The zero-order valence-corrected chi connectivity index (χ0v) is 7.70. The molecule has 0 heterocycles. The molecule has 1 aromatic carbocycles. The van der Waals surface area contributed by atoms with Gasteiger partial charge in [0.1, 0.15) is 0 Å². The lowest BCUT2D eigenvalue weighted by molar-refractivity contribution is 0.228. The topological polar surface area (TPSA) is 29.3 Å². The summed E-state index contributed by atoms with van der Waals surface area (Å²) in [6.45, 7) is 5.04. The van der Waals surface area contributed by atoms with Gasteiger partial charge in [0, 0.05) is 12.6 Å². The summed E-state index contributed by atoms with van der Waals surface area (Å²) < 4.78 is 0. The van der Waals surface area contributed by atoms with Crippen LogP contribution >= 0.6 is 0 Å². The molecule has 0 aliphatic carbocycles. The van der Waals surface area contributed by atoms with Crippen molar-refractivity contribution in [1.29, 1.82) is 0 Å². The summed E-state index contributed by atoms with van der Waals surface area (Å²) in [5.41, 5.74) is 1.27. The van der Waals surface area contributed by atoms with E-state index < -0.39 is 0 Å². The molecule has 0 spiro atoms. The normalized spacial score (nSPS) is 13.3. The van der Waals surface area contributed by atoms with E-state index in [0.717, 1.165) is 6.54 Å². The van der Waals surface area contributed by atoms with Gasteiger partial charge in [-0.05, 0) is 12.5 Å². The highest BCUT2D eigenvalue weighted by Gasteiger charge is 2.08. The molecule has 1 rings (SSSR count). The number of rotatable bonds is 3. The van der Waals surface area contributed by atoms with Gasteiger partial charge in [0.2, 0.25) is 0 Å². The first-order chi connectivity index (χ1) is 5.75. The molecule has 2 nitrogen and oxygen atoms in total. The standard InChI is InChI=1S/C10H16N2/c1-3-12(11)9(2)10-7-5-4-6-8-10/h4-9H,3,11H2,1-2H3/t9-/m0/s1. The van der Waals surface area contributed by atoms with Gasteiger partial charge >= 0.3 is 0 Å². The lowest BCUT2D eigenvalue weighted by atomic mass is 10.1. The second-order valence-corrected chi connectivity index (χ2v) is 2.92. The molecule has 0 unspecified atom stereocenters. The molecule has 0 saturated heterocycles. The Balaban J connectivity index is 2.71. The van der Waals surface area contributed by atoms with Gasteiger partial charge in [-0.25, -0.2) is 5.01 Å². The Labute approximate surface area is 74.0 Å². The van der Waals surface area contributed by atoms with E-state index in [4.69, 9.17) is 5.84 Å². The molecule has 2 N–H and O–H groups in total. The molecule has 0 radical (unpaired) electrons. The Bertz CT molecular complexity index is 221. The van der Waals surface area contributed by atoms with E-state index in [9.17, 15) is 0 Å². The highest BCUT2D eigenvalue weighted by molar-refractivity contribution is 5.17. The van der Waals surface area contributed by atoms with Crippen molar-refractivity contribution in [1.82, 2.24) is 5.01 Å². The quantitative estimate of drug-likeness (QED) is 0.546. The highest BCUT2D eigenvalue weighted by atomic mass is 15.4. The van der Waals surface area contributed by atoms with Crippen LogP contribution < -0.4 is 5.84 Å². The largest absolute Gasteiger partial charge is 0.268 e. The fraction of sp³-hybridized carbons (Fsp3) is 0.400. The summed E-state index contributed by atoms with van der Waals surface area (Å²) in [5, 5.41) is 1.83. The molecule has 12 heavy (non-hydrogen) atoms. The Kier molecular flexibility index (Phi) is 3.26. The van der Waals surface area contributed by atoms with Crippen molar-refractivity contribution in [3.05, 3.63) is 35.9 Å². The van der Waals surface area contributed by atoms with Crippen molar-refractivity contribution in [2.45, 2.75) is 19.9 Å². The molecule has 66 valence electrons. The van der Waals surface area contributed by atoms with E-state index in [1.54, 1.807) is 0 Å². The van der Waals surface area contributed by atoms with Gasteiger partial charge in [-0.15, -0.1) is 0 Å². The van der Waals surface area contributed by atoms with E-state index in [1.807, 2.05) is 23.2 Å². The maximum absolute atomic E-state index is 5.78. The zero-order valence-electron chi connectivity index (χ0n) is 7.70. The summed E-state index contributed by atoms with van der Waals surface area (Å²) in [5.74, 6) is 5.78. The molecule has 1 atom stereocenters. The number of hydrogen-bond acceptors (Lipinski definition) is 2. The average molecular weight is 164 g/mol. The van der Waals surface area contributed by atoms with Crippen LogP contribution in [0, 0.1) is 0 Å². The molecule has 0 aliphatic heterocycles. The Hall–Kier alpha value is -0.860. The van der Waals surface area contributed by atoms with E-state index in [-0.39, 0.29) is 0 Å². The van der Waals surface area contributed by atoms with Crippen LogP contribution in [-0.4, -0.2) is 11.6 Å². The summed E-state index contributed by atoms with van der Waals surface area (Å²) in [7, 11) is 0. The summed E-state index contributed by atoms with van der Waals surface area (Å²) in [6.07, 6.45) is 0. The molecule has 2 heteroatoms. The number of hydrogen-bond donors (Lipinski definition) is 1. The molecule has 0 saturated carbocycles. The van der Waals surface area contributed by atoms with Gasteiger partial charge in [-0.1, -0.05) is 37.3 Å². The van der Waals surface area contributed by atoms with Crippen LogP contribution in [0.3, 0.4) is 0 Å². The number of nitrogens with zero attached hydrogens (tertiary/aromatic N) is 1. The van der Waals surface area contributed by atoms with Gasteiger partial charge in [-0.2, -0.15) is 0 Å². The van der Waals surface area contributed by atoms with Gasteiger partial charge in [0.05, 0.1) is 0 Å². The Morgan fingerprint density at radius 1 is 1.33 bits per heavy atom. The molecular formula is C10H16N2. The van der Waals surface area contributed by atoms with E-state index in [0.29, 0.717) is 6.04 Å². The molecule has 0 fully saturated rings. The van der Waals surface area contributed by atoms with Crippen molar-refractivity contribution >= 4 is 0 Å². The predicted molar refractivity (Wildman–Crippen MR) is 51.4 cm³/mol. The molecule has 0 bridgehead atoms. The second kappa shape index (κ2) is 4.24. The third kappa shape index (κ3) is 2.06. The minimum absolute atomic E-state index is 0.302. The van der Waals surface area contributed by atoms with Crippen LogP contribution in [0.25, 0.3) is 0 Å². The van der Waals surface area contributed by atoms with Crippen LogP contribution in [0.15, 0.2) is 30.3 Å². The highest BCUT2D eigenvalue weighted by Crippen LogP contribution is 2.15. The molecule has 0 amide bonds. The summed E-state index contributed by atoms with van der Waals surface area (Å²) in [4.78, 5) is 0. The van der Waals surface area contributed by atoms with Crippen molar-refractivity contribution in [2.24, 2.45) is 5.84 Å². The Morgan fingerprint density at radius 3 is 2.42 bits per heavy atom. The van der Waals surface area contributed by atoms with Crippen molar-refractivity contribution in [2.75, 3.05) is 6.54 Å². The first kappa shape index (κ1) is 9.23. The Morgan fingerprint density at radius 2 is 1.92 bits per heavy atom. The summed E-state index contributed by atoms with van der Waals surface area (Å²) >= 11 is 0. The molecule has 0 aromatic heterocycles. The lowest BCUT2D eigenvalue weighted by Gasteiger charge is -2.22. The fourth-order valence-electron chi connectivity index (χ4n) is 1.20. The van der Waals surface area contributed by atoms with E-state index in [1.165, 1.54) is 5.56 Å². The third-order valence-corrected chi connectivity index (χ3v) is 2.14.